The van der Waals surface area contributed by atoms with E-state index in [4.69, 9.17) is 5.73 Å². The first kappa shape index (κ1) is 10.2. The van der Waals surface area contributed by atoms with E-state index in [9.17, 15) is 0 Å². The van der Waals surface area contributed by atoms with Gasteiger partial charge in [-0.25, -0.2) is 9.97 Å². The quantitative estimate of drug-likeness (QED) is 0.683. The molecule has 0 spiro atoms. The van der Waals surface area contributed by atoms with Crippen LogP contribution in [0.1, 0.15) is 11.4 Å². The molecule has 0 amide bonds. The van der Waals surface area contributed by atoms with Gasteiger partial charge in [-0.05, 0) is 13.8 Å². The molecule has 1 saturated heterocycles. The molecular weight excluding hydrogens is 190 g/mol. The molecule has 0 unspecified atom stereocenters. The fourth-order valence-electron chi connectivity index (χ4n) is 2.08. The number of hydrogen-bond acceptors (Lipinski definition) is 5. The van der Waals surface area contributed by atoms with Crippen LogP contribution in [0.3, 0.4) is 0 Å². The summed E-state index contributed by atoms with van der Waals surface area (Å²) in [6.45, 7) is 8.03. The van der Waals surface area contributed by atoms with Crippen molar-refractivity contribution in [3.05, 3.63) is 11.4 Å². The summed E-state index contributed by atoms with van der Waals surface area (Å²) in [4.78, 5) is 10.7. The van der Waals surface area contributed by atoms with Crippen LogP contribution in [0.5, 0.6) is 0 Å². The maximum Gasteiger partial charge on any atom is 0.220 e. The molecule has 2 rings (SSSR count). The van der Waals surface area contributed by atoms with Crippen LogP contribution in [0.2, 0.25) is 0 Å². The van der Waals surface area contributed by atoms with Crippen LogP contribution in [0.4, 0.5) is 11.6 Å². The van der Waals surface area contributed by atoms with Gasteiger partial charge < -0.3 is 16.0 Å². The van der Waals surface area contributed by atoms with Crippen molar-refractivity contribution in [1.82, 2.24) is 15.3 Å². The zero-order valence-corrected chi connectivity index (χ0v) is 9.25. The average Bonchev–Trinajstić information content (AvgIpc) is 2.17. The smallest absolute Gasteiger partial charge is 0.220 e. The van der Waals surface area contributed by atoms with E-state index in [1.165, 1.54) is 0 Å². The standard InChI is InChI=1S/C10H17N5/c1-7-9(8(2)14-10(11)13-7)15-5-3-12-4-6-15/h12H,3-6H2,1-2H3,(H2,11,13,14). The van der Waals surface area contributed by atoms with E-state index in [1.807, 2.05) is 13.8 Å². The van der Waals surface area contributed by atoms with Gasteiger partial charge in [0.1, 0.15) is 0 Å². The minimum Gasteiger partial charge on any atom is -0.368 e. The fraction of sp³-hybridized carbons (Fsp3) is 0.600. The summed E-state index contributed by atoms with van der Waals surface area (Å²) in [6, 6.07) is 0. The van der Waals surface area contributed by atoms with Gasteiger partial charge in [-0.2, -0.15) is 0 Å². The highest BCUT2D eigenvalue weighted by molar-refractivity contribution is 5.55. The van der Waals surface area contributed by atoms with Gasteiger partial charge in [-0.3, -0.25) is 0 Å². The van der Waals surface area contributed by atoms with E-state index in [-0.39, 0.29) is 0 Å². The molecule has 15 heavy (non-hydrogen) atoms. The van der Waals surface area contributed by atoms with Crippen LogP contribution in [0, 0.1) is 13.8 Å². The van der Waals surface area contributed by atoms with Crippen LogP contribution in [0.15, 0.2) is 0 Å². The van der Waals surface area contributed by atoms with Crippen molar-refractivity contribution >= 4 is 11.6 Å². The van der Waals surface area contributed by atoms with Gasteiger partial charge in [-0.15, -0.1) is 0 Å². The lowest BCUT2D eigenvalue weighted by molar-refractivity contribution is 0.586. The van der Waals surface area contributed by atoms with Gasteiger partial charge in [0.2, 0.25) is 5.95 Å². The van der Waals surface area contributed by atoms with Crippen molar-refractivity contribution < 1.29 is 0 Å². The molecular formula is C10H17N5. The van der Waals surface area contributed by atoms with Gasteiger partial charge in [0.05, 0.1) is 17.1 Å². The SMILES string of the molecule is Cc1nc(N)nc(C)c1N1CCNCC1. The topological polar surface area (TPSA) is 67.1 Å². The third-order valence-electron chi connectivity index (χ3n) is 2.68. The van der Waals surface area contributed by atoms with Crippen LogP contribution < -0.4 is 16.0 Å². The molecule has 2 heterocycles. The third-order valence-corrected chi connectivity index (χ3v) is 2.68. The van der Waals surface area contributed by atoms with E-state index < -0.39 is 0 Å². The minimum absolute atomic E-state index is 0.365. The van der Waals surface area contributed by atoms with Crippen molar-refractivity contribution in [2.24, 2.45) is 0 Å². The number of nitrogens with two attached hydrogens (primary N) is 1. The number of nitrogens with one attached hydrogen (secondary N) is 1. The summed E-state index contributed by atoms with van der Waals surface area (Å²) < 4.78 is 0. The van der Waals surface area contributed by atoms with E-state index in [0.717, 1.165) is 43.3 Å². The Morgan fingerprint density at radius 2 is 1.67 bits per heavy atom. The lowest BCUT2D eigenvalue weighted by Crippen LogP contribution is -2.44. The summed E-state index contributed by atoms with van der Waals surface area (Å²) in [5, 5.41) is 3.33. The minimum atomic E-state index is 0.365. The summed E-state index contributed by atoms with van der Waals surface area (Å²) >= 11 is 0. The Balaban J connectivity index is 2.33. The van der Waals surface area contributed by atoms with Crippen LogP contribution >= 0.6 is 0 Å². The molecule has 0 aromatic carbocycles. The number of nitrogen functional groups attached to an aromatic ring is 1. The summed E-state index contributed by atoms with van der Waals surface area (Å²) in [5.74, 6) is 0.365. The second-order valence-electron chi connectivity index (χ2n) is 3.84. The Morgan fingerprint density at radius 3 is 2.20 bits per heavy atom. The number of aryl methyl sites for hydroxylation is 2. The third kappa shape index (κ3) is 2.02. The molecule has 1 fully saturated rings. The maximum atomic E-state index is 5.60. The first-order valence-corrected chi connectivity index (χ1v) is 5.25. The van der Waals surface area contributed by atoms with Crippen molar-refractivity contribution in [3.8, 4) is 0 Å². The van der Waals surface area contributed by atoms with Crippen LogP contribution in [-0.2, 0) is 0 Å². The number of aromatic nitrogens is 2. The fourth-order valence-corrected chi connectivity index (χ4v) is 2.08. The Bertz CT molecular complexity index is 334. The average molecular weight is 207 g/mol. The molecule has 1 aliphatic heterocycles. The second-order valence-corrected chi connectivity index (χ2v) is 3.84. The number of nitrogens with zero attached hydrogens (tertiary/aromatic N) is 3. The first-order valence-electron chi connectivity index (χ1n) is 5.25. The molecule has 1 aromatic rings. The van der Waals surface area contributed by atoms with Gasteiger partial charge in [0.15, 0.2) is 0 Å². The van der Waals surface area contributed by atoms with Crippen molar-refractivity contribution in [2.45, 2.75) is 13.8 Å². The summed E-state index contributed by atoms with van der Waals surface area (Å²) in [5.41, 5.74) is 8.70. The molecule has 82 valence electrons. The number of hydrogen-bond donors (Lipinski definition) is 2. The van der Waals surface area contributed by atoms with Crippen LogP contribution in [-0.4, -0.2) is 36.1 Å². The molecule has 0 atom stereocenters. The molecule has 0 saturated carbocycles. The highest BCUT2D eigenvalue weighted by Crippen LogP contribution is 2.22. The lowest BCUT2D eigenvalue weighted by atomic mass is 10.2. The molecule has 1 aliphatic rings. The predicted octanol–water partition coefficient (Wildman–Crippen LogP) is 0.0852. The second kappa shape index (κ2) is 4.02. The van der Waals surface area contributed by atoms with Gasteiger partial charge in [0.25, 0.3) is 0 Å². The summed E-state index contributed by atoms with van der Waals surface area (Å²) in [7, 11) is 0. The van der Waals surface area contributed by atoms with Crippen molar-refractivity contribution in [2.75, 3.05) is 36.8 Å². The molecule has 0 aliphatic carbocycles. The number of anilines is 2. The molecule has 0 bridgehead atoms. The van der Waals surface area contributed by atoms with E-state index in [2.05, 4.69) is 20.2 Å². The van der Waals surface area contributed by atoms with E-state index in [1.54, 1.807) is 0 Å². The largest absolute Gasteiger partial charge is 0.368 e. The molecule has 5 heteroatoms. The Morgan fingerprint density at radius 1 is 1.13 bits per heavy atom. The number of rotatable bonds is 1. The van der Waals surface area contributed by atoms with Gasteiger partial charge >= 0.3 is 0 Å². The predicted molar refractivity (Wildman–Crippen MR) is 61.0 cm³/mol. The summed E-state index contributed by atoms with van der Waals surface area (Å²) in [6.07, 6.45) is 0. The van der Waals surface area contributed by atoms with Crippen molar-refractivity contribution in [3.63, 3.8) is 0 Å². The zero-order valence-electron chi connectivity index (χ0n) is 9.25. The van der Waals surface area contributed by atoms with Gasteiger partial charge in [-0.1, -0.05) is 0 Å². The highest BCUT2D eigenvalue weighted by Gasteiger charge is 2.16. The molecule has 5 nitrogen and oxygen atoms in total. The van der Waals surface area contributed by atoms with Gasteiger partial charge in [0, 0.05) is 26.2 Å². The Kier molecular flexibility index (Phi) is 2.73. The molecule has 3 N–H and O–H groups in total. The first-order chi connectivity index (χ1) is 7.18. The Labute approximate surface area is 89.7 Å². The molecule has 0 radical (unpaired) electrons. The van der Waals surface area contributed by atoms with Crippen LogP contribution in [0.25, 0.3) is 0 Å². The lowest BCUT2D eigenvalue weighted by Gasteiger charge is -2.31. The monoisotopic (exact) mass is 207 g/mol. The normalized spacial score (nSPS) is 16.8. The zero-order chi connectivity index (χ0) is 10.8. The molecule has 1 aromatic heterocycles. The van der Waals surface area contributed by atoms with Crippen molar-refractivity contribution in [1.29, 1.82) is 0 Å². The Hall–Kier alpha value is -1.36. The number of piperazine rings is 1. The highest BCUT2D eigenvalue weighted by atomic mass is 15.2. The maximum absolute atomic E-state index is 5.60. The van der Waals surface area contributed by atoms with E-state index >= 15 is 0 Å². The van der Waals surface area contributed by atoms with E-state index in [0.29, 0.717) is 5.95 Å².